The number of nitrogens with zero attached hydrogens (tertiary/aromatic N) is 1. The first kappa shape index (κ1) is 23.9. The molecule has 3 rings (SSSR count). The molecule has 0 aliphatic carbocycles. The Morgan fingerprint density at radius 2 is 1.58 bits per heavy atom. The van der Waals surface area contributed by atoms with Gasteiger partial charge in [-0.25, -0.2) is 0 Å². The van der Waals surface area contributed by atoms with E-state index in [9.17, 15) is 21.6 Å². The number of hydrogen-bond acceptors (Lipinski definition) is 7. The number of hydrogen-bond donors (Lipinski definition) is 1. The molecule has 1 aromatic heterocycles. The average Bonchev–Trinajstić information content (AvgIpc) is 2.74. The second kappa shape index (κ2) is 9.41. The van der Waals surface area contributed by atoms with Crippen LogP contribution in [0.15, 0.2) is 67.4 Å². The quantitative estimate of drug-likeness (QED) is 0.437. The number of rotatable bonds is 8. The number of benzene rings is 2. The van der Waals surface area contributed by atoms with Gasteiger partial charge >= 0.3 is 16.3 Å². The smallest absolute Gasteiger partial charge is 0.416 e. The Kier molecular flexibility index (Phi) is 6.82. The number of halogens is 3. The van der Waals surface area contributed by atoms with E-state index in [0.717, 1.165) is 18.4 Å². The first-order valence-electron chi connectivity index (χ1n) is 9.30. The molecule has 0 unspecified atom stereocenters. The van der Waals surface area contributed by atoms with Gasteiger partial charge in [0.05, 0.1) is 24.6 Å². The number of methoxy groups -OCH3 is 1. The van der Waals surface area contributed by atoms with Crippen LogP contribution < -0.4 is 19.0 Å². The monoisotopic (exact) mass is 480 g/mol. The number of alkyl halides is 3. The summed E-state index contributed by atoms with van der Waals surface area (Å²) in [6, 6.07) is 12.3. The van der Waals surface area contributed by atoms with E-state index in [1.54, 1.807) is 24.3 Å². The highest BCUT2D eigenvalue weighted by Gasteiger charge is 2.30. The van der Waals surface area contributed by atoms with Crippen LogP contribution in [0.2, 0.25) is 0 Å². The maximum atomic E-state index is 12.7. The van der Waals surface area contributed by atoms with Gasteiger partial charge in [0.15, 0.2) is 5.75 Å². The molecule has 0 amide bonds. The van der Waals surface area contributed by atoms with Gasteiger partial charge < -0.3 is 19.0 Å². The highest BCUT2D eigenvalue weighted by Crippen LogP contribution is 2.35. The van der Waals surface area contributed by atoms with Crippen molar-refractivity contribution in [1.29, 1.82) is 0 Å². The molecule has 0 aliphatic rings. The van der Waals surface area contributed by atoms with Gasteiger partial charge in [-0.05, 0) is 48.5 Å². The van der Waals surface area contributed by atoms with Crippen molar-refractivity contribution in [3.8, 4) is 23.0 Å². The third-order valence-corrected chi connectivity index (χ3v) is 4.65. The average molecular weight is 480 g/mol. The highest BCUT2D eigenvalue weighted by molar-refractivity contribution is 7.86. The normalized spacial score (nSPS) is 11.5. The molecule has 7 nitrogen and oxygen atoms in total. The lowest BCUT2D eigenvalue weighted by molar-refractivity contribution is -0.137. The topological polar surface area (TPSA) is 86.8 Å². The van der Waals surface area contributed by atoms with Crippen LogP contribution in [0.1, 0.15) is 11.3 Å². The molecule has 1 N–H and O–H groups in total. The Bertz CT molecular complexity index is 1240. The SMILES string of the molecule is C=C(Nc1ccc(Oc2ccc(C(F)(F)F)cc2)cc1)c1nccc(OC)c1OS(C)(=O)=O. The first-order valence-corrected chi connectivity index (χ1v) is 11.1. The van der Waals surface area contributed by atoms with Crippen molar-refractivity contribution in [1.82, 2.24) is 4.98 Å². The Morgan fingerprint density at radius 1 is 1.00 bits per heavy atom. The molecule has 0 saturated carbocycles. The number of aromatic nitrogens is 1. The van der Waals surface area contributed by atoms with Crippen molar-refractivity contribution in [3.05, 3.63) is 78.6 Å². The minimum absolute atomic E-state index is 0.109. The summed E-state index contributed by atoms with van der Waals surface area (Å²) >= 11 is 0. The van der Waals surface area contributed by atoms with E-state index in [0.29, 0.717) is 11.4 Å². The lowest BCUT2D eigenvalue weighted by Gasteiger charge is -2.15. The van der Waals surface area contributed by atoms with Crippen LogP contribution in [0.5, 0.6) is 23.0 Å². The molecule has 2 aromatic carbocycles. The molecule has 33 heavy (non-hydrogen) atoms. The molecule has 3 aromatic rings. The van der Waals surface area contributed by atoms with Gasteiger partial charge in [0, 0.05) is 18.0 Å². The summed E-state index contributed by atoms with van der Waals surface area (Å²) in [5, 5.41) is 2.98. The molecule has 174 valence electrons. The molecule has 0 spiro atoms. The number of nitrogens with one attached hydrogen (secondary N) is 1. The zero-order valence-electron chi connectivity index (χ0n) is 17.5. The van der Waals surface area contributed by atoms with Crippen molar-refractivity contribution >= 4 is 21.5 Å². The predicted octanol–water partition coefficient (Wildman–Crippen LogP) is 5.32. The molecule has 0 atom stereocenters. The third kappa shape index (κ3) is 6.39. The number of anilines is 1. The summed E-state index contributed by atoms with van der Waals surface area (Å²) in [5.74, 6) is 0.693. The summed E-state index contributed by atoms with van der Waals surface area (Å²) in [5.41, 5.74) is 0.168. The van der Waals surface area contributed by atoms with Crippen LogP contribution in [0.3, 0.4) is 0 Å². The molecule has 0 radical (unpaired) electrons. The number of pyridine rings is 1. The van der Waals surface area contributed by atoms with Gasteiger partial charge in [-0.1, -0.05) is 6.58 Å². The van der Waals surface area contributed by atoms with E-state index in [2.05, 4.69) is 16.9 Å². The maximum Gasteiger partial charge on any atom is 0.416 e. The number of ether oxygens (including phenoxy) is 2. The first-order chi connectivity index (χ1) is 15.5. The van der Waals surface area contributed by atoms with Crippen molar-refractivity contribution < 1.29 is 35.2 Å². The summed E-state index contributed by atoms with van der Waals surface area (Å²) in [6.07, 6.45) is -2.11. The minimum atomic E-state index is -4.42. The van der Waals surface area contributed by atoms with Gasteiger partial charge in [0.1, 0.15) is 17.2 Å². The van der Waals surface area contributed by atoms with Gasteiger partial charge in [-0.3, -0.25) is 4.98 Å². The fourth-order valence-corrected chi connectivity index (χ4v) is 3.19. The molecule has 11 heteroatoms. The van der Waals surface area contributed by atoms with Crippen LogP contribution in [0.4, 0.5) is 18.9 Å². The van der Waals surface area contributed by atoms with E-state index < -0.39 is 21.9 Å². The Balaban J connectivity index is 1.73. The highest BCUT2D eigenvalue weighted by atomic mass is 32.2. The summed E-state index contributed by atoms with van der Waals surface area (Å²) in [7, 11) is -2.49. The van der Waals surface area contributed by atoms with Crippen molar-refractivity contribution in [3.63, 3.8) is 0 Å². The lowest BCUT2D eigenvalue weighted by atomic mass is 10.2. The Labute approximate surface area is 188 Å². The van der Waals surface area contributed by atoms with E-state index in [1.807, 2.05) is 0 Å². The summed E-state index contributed by atoms with van der Waals surface area (Å²) in [4.78, 5) is 4.13. The van der Waals surface area contributed by atoms with Gasteiger partial charge in [0.2, 0.25) is 5.75 Å². The van der Waals surface area contributed by atoms with Crippen molar-refractivity contribution in [2.24, 2.45) is 0 Å². The third-order valence-electron chi connectivity index (χ3n) is 4.18. The van der Waals surface area contributed by atoms with E-state index in [1.165, 1.54) is 31.5 Å². The largest absolute Gasteiger partial charge is 0.493 e. The molecular formula is C22H19F3N2O5S. The zero-order chi connectivity index (χ0) is 24.2. The van der Waals surface area contributed by atoms with Gasteiger partial charge in [-0.2, -0.15) is 21.6 Å². The Hall–Kier alpha value is -3.73. The zero-order valence-corrected chi connectivity index (χ0v) is 18.3. The van der Waals surface area contributed by atoms with Crippen LogP contribution in [0, 0.1) is 0 Å². The van der Waals surface area contributed by atoms with E-state index >= 15 is 0 Å². The van der Waals surface area contributed by atoms with Crippen molar-refractivity contribution in [2.75, 3.05) is 18.7 Å². The molecule has 0 saturated heterocycles. The molecule has 0 aliphatic heterocycles. The fourth-order valence-electron chi connectivity index (χ4n) is 2.73. The predicted molar refractivity (Wildman–Crippen MR) is 117 cm³/mol. The van der Waals surface area contributed by atoms with Crippen LogP contribution >= 0.6 is 0 Å². The Morgan fingerprint density at radius 3 is 2.09 bits per heavy atom. The lowest BCUT2D eigenvalue weighted by Crippen LogP contribution is -2.11. The molecule has 0 bridgehead atoms. The molecule has 0 fully saturated rings. The molecular weight excluding hydrogens is 461 g/mol. The fraction of sp³-hybridized carbons (Fsp3) is 0.136. The van der Waals surface area contributed by atoms with E-state index in [4.69, 9.17) is 13.7 Å². The van der Waals surface area contributed by atoms with Crippen LogP contribution in [0.25, 0.3) is 5.70 Å². The van der Waals surface area contributed by atoms with Gasteiger partial charge in [-0.15, -0.1) is 0 Å². The molecule has 1 heterocycles. The minimum Gasteiger partial charge on any atom is -0.493 e. The second-order valence-electron chi connectivity index (χ2n) is 6.73. The van der Waals surface area contributed by atoms with Gasteiger partial charge in [0.25, 0.3) is 0 Å². The summed E-state index contributed by atoms with van der Waals surface area (Å²) < 4.78 is 77.0. The second-order valence-corrected chi connectivity index (χ2v) is 8.31. The maximum absolute atomic E-state index is 12.7. The standard InChI is InChI=1S/C22H19F3N2O5S/c1-14(20-21(32-33(3,28)29)19(30-2)12-13-26-20)27-16-6-10-18(11-7-16)31-17-8-4-15(5-9-17)22(23,24)25/h4-13,27H,1H2,2-3H3. The van der Waals surface area contributed by atoms with Crippen LogP contribution in [-0.2, 0) is 16.3 Å². The van der Waals surface area contributed by atoms with E-state index in [-0.39, 0.29) is 28.6 Å². The van der Waals surface area contributed by atoms with Crippen LogP contribution in [-0.4, -0.2) is 26.8 Å². The van der Waals surface area contributed by atoms with Crippen molar-refractivity contribution in [2.45, 2.75) is 6.18 Å². The summed E-state index contributed by atoms with van der Waals surface area (Å²) in [6.45, 7) is 3.88.